The maximum Gasteiger partial charge on any atom is 0.193 e. The van der Waals surface area contributed by atoms with Crippen molar-refractivity contribution < 1.29 is 0 Å². The Labute approximate surface area is 149 Å². The molecule has 132 valence electrons. The molecule has 0 atom stereocenters. The molecule has 1 saturated heterocycles. The maximum atomic E-state index is 4.56. The van der Waals surface area contributed by atoms with E-state index in [0.717, 1.165) is 42.8 Å². The summed E-state index contributed by atoms with van der Waals surface area (Å²) in [6, 6.07) is 4.15. The van der Waals surface area contributed by atoms with Crippen molar-refractivity contribution in [3.8, 4) is 5.82 Å². The molecule has 1 saturated carbocycles. The third kappa shape index (κ3) is 3.13. The topological polar surface area (TPSA) is 58.3 Å². The molecule has 2 aromatic heterocycles. The van der Waals surface area contributed by atoms with Crippen LogP contribution in [0.5, 0.6) is 0 Å². The van der Waals surface area contributed by atoms with E-state index in [1.807, 2.05) is 37.0 Å². The summed E-state index contributed by atoms with van der Waals surface area (Å²) in [6.45, 7) is 5.00. The fourth-order valence-corrected chi connectivity index (χ4v) is 4.00. The van der Waals surface area contributed by atoms with Gasteiger partial charge >= 0.3 is 0 Å². The fourth-order valence-electron chi connectivity index (χ4n) is 4.00. The zero-order chi connectivity index (χ0) is 17.3. The van der Waals surface area contributed by atoms with Gasteiger partial charge in [0.2, 0.25) is 0 Å². The van der Waals surface area contributed by atoms with Crippen molar-refractivity contribution in [2.45, 2.75) is 39.2 Å². The predicted octanol–water partition coefficient (Wildman–Crippen LogP) is 2.53. The lowest BCUT2D eigenvalue weighted by molar-refractivity contribution is 0.151. The normalized spacial score (nSPS) is 19.3. The number of nitrogens with zero attached hydrogens (tertiary/aromatic N) is 5. The van der Waals surface area contributed by atoms with Gasteiger partial charge in [0.1, 0.15) is 11.6 Å². The molecule has 6 nitrogen and oxygen atoms in total. The van der Waals surface area contributed by atoms with E-state index in [-0.39, 0.29) is 0 Å². The van der Waals surface area contributed by atoms with Gasteiger partial charge in [-0.05, 0) is 43.2 Å². The minimum atomic E-state index is 0.587. The van der Waals surface area contributed by atoms with E-state index in [2.05, 4.69) is 31.2 Å². The van der Waals surface area contributed by atoms with Crippen LogP contribution in [-0.2, 0) is 6.54 Å². The van der Waals surface area contributed by atoms with Crippen LogP contribution in [0.3, 0.4) is 0 Å². The Morgan fingerprint density at radius 2 is 2.16 bits per heavy atom. The van der Waals surface area contributed by atoms with E-state index in [0.29, 0.717) is 5.41 Å². The highest BCUT2D eigenvalue weighted by Crippen LogP contribution is 2.47. The molecule has 2 fully saturated rings. The van der Waals surface area contributed by atoms with Crippen LogP contribution in [0.1, 0.15) is 37.1 Å². The van der Waals surface area contributed by atoms with Gasteiger partial charge in [-0.1, -0.05) is 12.5 Å². The second-order valence-electron chi connectivity index (χ2n) is 7.29. The van der Waals surface area contributed by atoms with Crippen LogP contribution >= 0.6 is 0 Å². The Morgan fingerprint density at radius 1 is 1.28 bits per heavy atom. The quantitative estimate of drug-likeness (QED) is 0.690. The van der Waals surface area contributed by atoms with E-state index in [9.17, 15) is 0 Å². The number of likely N-dealkylation sites (tertiary alicyclic amines) is 1. The van der Waals surface area contributed by atoms with Gasteiger partial charge in [0.25, 0.3) is 0 Å². The fraction of sp³-hybridized carbons (Fsp3) is 0.526. The van der Waals surface area contributed by atoms with Crippen molar-refractivity contribution in [1.29, 1.82) is 0 Å². The number of aliphatic imine (C=N–C) groups is 1. The first-order chi connectivity index (χ1) is 12.2. The van der Waals surface area contributed by atoms with Gasteiger partial charge in [0, 0.05) is 45.3 Å². The molecule has 1 spiro atoms. The van der Waals surface area contributed by atoms with Crippen LogP contribution in [0.25, 0.3) is 5.82 Å². The molecule has 0 aromatic carbocycles. The van der Waals surface area contributed by atoms with E-state index >= 15 is 0 Å². The Balaban J connectivity index is 1.36. The van der Waals surface area contributed by atoms with Crippen LogP contribution < -0.4 is 5.32 Å². The molecule has 0 unspecified atom stereocenters. The zero-order valence-corrected chi connectivity index (χ0v) is 15.1. The lowest BCUT2D eigenvalue weighted by atomic mass is 9.68. The van der Waals surface area contributed by atoms with Gasteiger partial charge in [0.05, 0.1) is 0 Å². The number of hydrogen-bond donors (Lipinski definition) is 1. The number of aromatic nitrogens is 3. The zero-order valence-electron chi connectivity index (χ0n) is 15.1. The summed E-state index contributed by atoms with van der Waals surface area (Å²) >= 11 is 0. The molecule has 3 heterocycles. The highest BCUT2D eigenvalue weighted by Gasteiger charge is 2.43. The number of rotatable bonds is 3. The Bertz CT molecular complexity index is 756. The molecule has 1 aliphatic carbocycles. The Kier molecular flexibility index (Phi) is 4.19. The van der Waals surface area contributed by atoms with Gasteiger partial charge in [-0.25, -0.2) is 9.97 Å². The number of pyridine rings is 1. The summed E-state index contributed by atoms with van der Waals surface area (Å²) in [5.74, 6) is 2.85. The van der Waals surface area contributed by atoms with Crippen molar-refractivity contribution in [3.05, 3.63) is 42.1 Å². The lowest BCUT2D eigenvalue weighted by Gasteiger charge is -2.38. The maximum absolute atomic E-state index is 4.56. The molecule has 25 heavy (non-hydrogen) atoms. The summed E-state index contributed by atoms with van der Waals surface area (Å²) in [4.78, 5) is 15.7. The standard InChI is InChI=1S/C19H26N6/c1-15-21-9-11-25(15)17-5-4-16(12-22-17)13-23-18(20-2)24-10-8-19(14-24)6-3-7-19/h4-5,9,11-12H,3,6-8,10,13-14H2,1-2H3,(H,20,23). The van der Waals surface area contributed by atoms with E-state index in [1.165, 1.54) is 25.7 Å². The monoisotopic (exact) mass is 338 g/mol. The Morgan fingerprint density at radius 3 is 2.72 bits per heavy atom. The highest BCUT2D eigenvalue weighted by molar-refractivity contribution is 5.80. The third-order valence-corrected chi connectivity index (χ3v) is 5.70. The van der Waals surface area contributed by atoms with Crippen molar-refractivity contribution >= 4 is 5.96 Å². The summed E-state index contributed by atoms with van der Waals surface area (Å²) < 4.78 is 1.98. The first-order valence-electron chi connectivity index (χ1n) is 9.10. The lowest BCUT2D eigenvalue weighted by Crippen LogP contribution is -2.42. The summed E-state index contributed by atoms with van der Waals surface area (Å²) in [5.41, 5.74) is 1.74. The third-order valence-electron chi connectivity index (χ3n) is 5.70. The number of imidazole rings is 1. The molecule has 0 amide bonds. The second-order valence-corrected chi connectivity index (χ2v) is 7.29. The predicted molar refractivity (Wildman–Crippen MR) is 98.8 cm³/mol. The molecule has 0 radical (unpaired) electrons. The molecule has 4 rings (SSSR count). The molecule has 1 N–H and O–H groups in total. The number of aryl methyl sites for hydroxylation is 1. The van der Waals surface area contributed by atoms with Crippen LogP contribution in [0.2, 0.25) is 0 Å². The SMILES string of the molecule is CN=C(NCc1ccc(-n2ccnc2C)nc1)N1CCC2(CCC2)C1. The minimum Gasteiger partial charge on any atom is -0.352 e. The summed E-state index contributed by atoms with van der Waals surface area (Å²) in [5, 5.41) is 3.50. The highest BCUT2D eigenvalue weighted by atomic mass is 15.3. The van der Waals surface area contributed by atoms with Crippen LogP contribution in [0.15, 0.2) is 35.7 Å². The van der Waals surface area contributed by atoms with Crippen molar-refractivity contribution in [2.24, 2.45) is 10.4 Å². The van der Waals surface area contributed by atoms with Crippen LogP contribution in [0.4, 0.5) is 0 Å². The van der Waals surface area contributed by atoms with Crippen LogP contribution in [-0.4, -0.2) is 45.5 Å². The van der Waals surface area contributed by atoms with Crippen molar-refractivity contribution in [1.82, 2.24) is 24.8 Å². The van der Waals surface area contributed by atoms with Crippen LogP contribution in [0, 0.1) is 12.3 Å². The minimum absolute atomic E-state index is 0.587. The number of nitrogens with one attached hydrogen (secondary N) is 1. The van der Waals surface area contributed by atoms with Gasteiger partial charge in [-0.3, -0.25) is 9.56 Å². The average Bonchev–Trinajstić information content (AvgIpc) is 3.23. The van der Waals surface area contributed by atoms with Crippen molar-refractivity contribution in [2.75, 3.05) is 20.1 Å². The molecule has 6 heteroatoms. The second kappa shape index (κ2) is 6.50. The van der Waals surface area contributed by atoms with Gasteiger partial charge in [-0.2, -0.15) is 0 Å². The van der Waals surface area contributed by atoms with E-state index < -0.39 is 0 Å². The first-order valence-corrected chi connectivity index (χ1v) is 9.10. The van der Waals surface area contributed by atoms with Gasteiger partial charge in [0.15, 0.2) is 5.96 Å². The summed E-state index contributed by atoms with van der Waals surface area (Å²) in [6.07, 6.45) is 11.1. The van der Waals surface area contributed by atoms with Crippen molar-refractivity contribution in [3.63, 3.8) is 0 Å². The summed E-state index contributed by atoms with van der Waals surface area (Å²) in [7, 11) is 1.87. The van der Waals surface area contributed by atoms with Gasteiger partial charge < -0.3 is 10.2 Å². The molecule has 2 aromatic rings. The molecule has 2 aliphatic rings. The molecular formula is C19H26N6. The molecule has 0 bridgehead atoms. The smallest absolute Gasteiger partial charge is 0.193 e. The molecular weight excluding hydrogens is 312 g/mol. The number of guanidine groups is 1. The van der Waals surface area contributed by atoms with Gasteiger partial charge in [-0.15, -0.1) is 0 Å². The first kappa shape index (κ1) is 16.1. The largest absolute Gasteiger partial charge is 0.352 e. The number of hydrogen-bond acceptors (Lipinski definition) is 3. The average molecular weight is 338 g/mol. The van der Waals surface area contributed by atoms with E-state index in [1.54, 1.807) is 6.20 Å². The molecule has 1 aliphatic heterocycles. The Hall–Kier alpha value is -2.37. The van der Waals surface area contributed by atoms with E-state index in [4.69, 9.17) is 0 Å².